The second kappa shape index (κ2) is 5.74. The molecule has 0 spiro atoms. The number of aliphatic hydroxyl groups is 1. The number of hydrogen-bond acceptors (Lipinski definition) is 2. The molecule has 104 valence electrons. The molecule has 3 nitrogen and oxygen atoms in total. The predicted molar refractivity (Wildman–Crippen MR) is 75.9 cm³/mol. The molecule has 2 rings (SSSR count). The van der Waals surface area contributed by atoms with Crippen molar-refractivity contribution < 1.29 is 9.90 Å². The van der Waals surface area contributed by atoms with E-state index in [9.17, 15) is 9.90 Å². The maximum Gasteiger partial charge on any atom is 0.230 e. The lowest BCUT2D eigenvalue weighted by molar-refractivity contribution is -0.136. The second-order valence-corrected chi connectivity index (χ2v) is 5.69. The van der Waals surface area contributed by atoms with Gasteiger partial charge in [-0.3, -0.25) is 4.79 Å². The Kier molecular flexibility index (Phi) is 4.25. The SMILES string of the molecule is CCC(C(=O)N1CCC(C)(O)CC1)c1ccccc1. The number of rotatable bonds is 3. The molecule has 19 heavy (non-hydrogen) atoms. The van der Waals surface area contributed by atoms with Gasteiger partial charge in [0.15, 0.2) is 0 Å². The third kappa shape index (κ3) is 3.35. The maximum absolute atomic E-state index is 12.6. The highest BCUT2D eigenvalue weighted by atomic mass is 16.3. The van der Waals surface area contributed by atoms with E-state index in [2.05, 4.69) is 6.92 Å². The van der Waals surface area contributed by atoms with E-state index in [0.29, 0.717) is 25.9 Å². The van der Waals surface area contributed by atoms with Crippen molar-refractivity contribution in [2.24, 2.45) is 0 Å². The lowest BCUT2D eigenvalue weighted by Crippen LogP contribution is -2.46. The van der Waals surface area contributed by atoms with E-state index >= 15 is 0 Å². The molecule has 1 N–H and O–H groups in total. The lowest BCUT2D eigenvalue weighted by Gasteiger charge is -2.37. The van der Waals surface area contributed by atoms with Crippen LogP contribution in [0, 0.1) is 0 Å². The first-order chi connectivity index (χ1) is 9.03. The first-order valence-electron chi connectivity index (χ1n) is 7.09. The molecule has 1 aromatic carbocycles. The number of piperidine rings is 1. The Morgan fingerprint density at radius 1 is 1.32 bits per heavy atom. The van der Waals surface area contributed by atoms with Crippen LogP contribution in [0.5, 0.6) is 0 Å². The molecule has 1 aliphatic rings. The largest absolute Gasteiger partial charge is 0.390 e. The molecule has 0 aromatic heterocycles. The Labute approximate surface area is 115 Å². The van der Waals surface area contributed by atoms with Crippen LogP contribution in [0.1, 0.15) is 44.6 Å². The van der Waals surface area contributed by atoms with Gasteiger partial charge in [-0.15, -0.1) is 0 Å². The number of nitrogens with zero attached hydrogens (tertiary/aromatic N) is 1. The van der Waals surface area contributed by atoms with Gasteiger partial charge in [0.2, 0.25) is 5.91 Å². The standard InChI is InChI=1S/C16H23NO2/c1-3-14(13-7-5-4-6-8-13)15(18)17-11-9-16(2,19)10-12-17/h4-8,14,19H,3,9-12H2,1-2H3. The minimum absolute atomic E-state index is 0.0516. The van der Waals surface area contributed by atoms with Crippen molar-refractivity contribution >= 4 is 5.91 Å². The van der Waals surface area contributed by atoms with E-state index in [1.165, 1.54) is 0 Å². The van der Waals surface area contributed by atoms with Crippen LogP contribution < -0.4 is 0 Å². The number of likely N-dealkylation sites (tertiary alicyclic amines) is 1. The summed E-state index contributed by atoms with van der Waals surface area (Å²) in [7, 11) is 0. The van der Waals surface area contributed by atoms with Crippen molar-refractivity contribution in [2.75, 3.05) is 13.1 Å². The minimum Gasteiger partial charge on any atom is -0.390 e. The zero-order chi connectivity index (χ0) is 13.9. The number of carbonyl (C=O) groups excluding carboxylic acids is 1. The molecule has 1 unspecified atom stereocenters. The molecule has 1 aliphatic heterocycles. The smallest absolute Gasteiger partial charge is 0.230 e. The molecule has 0 saturated carbocycles. The summed E-state index contributed by atoms with van der Waals surface area (Å²) in [6.07, 6.45) is 2.16. The summed E-state index contributed by atoms with van der Waals surface area (Å²) in [6, 6.07) is 9.97. The summed E-state index contributed by atoms with van der Waals surface area (Å²) in [5.41, 5.74) is 0.484. The van der Waals surface area contributed by atoms with Crippen LogP contribution in [0.4, 0.5) is 0 Å². The van der Waals surface area contributed by atoms with Gasteiger partial charge >= 0.3 is 0 Å². The maximum atomic E-state index is 12.6. The number of amides is 1. The second-order valence-electron chi connectivity index (χ2n) is 5.69. The number of carbonyl (C=O) groups is 1. The molecule has 1 aromatic rings. The minimum atomic E-state index is -0.606. The van der Waals surface area contributed by atoms with Crippen molar-refractivity contribution in [3.05, 3.63) is 35.9 Å². The summed E-state index contributed by atoms with van der Waals surface area (Å²) in [5.74, 6) is 0.147. The molecule has 1 amide bonds. The van der Waals surface area contributed by atoms with Crippen molar-refractivity contribution in [2.45, 2.75) is 44.6 Å². The summed E-state index contributed by atoms with van der Waals surface area (Å²) in [5, 5.41) is 9.95. The third-order valence-corrected chi connectivity index (χ3v) is 4.06. The third-order valence-electron chi connectivity index (χ3n) is 4.06. The van der Waals surface area contributed by atoms with Gasteiger partial charge in [0.1, 0.15) is 0 Å². The van der Waals surface area contributed by atoms with Crippen LogP contribution in [-0.2, 0) is 4.79 Å². The average Bonchev–Trinajstić information content (AvgIpc) is 2.40. The van der Waals surface area contributed by atoms with Crippen molar-refractivity contribution in [3.8, 4) is 0 Å². The highest BCUT2D eigenvalue weighted by molar-refractivity contribution is 5.83. The summed E-state index contributed by atoms with van der Waals surface area (Å²) in [4.78, 5) is 14.5. The fourth-order valence-corrected chi connectivity index (χ4v) is 2.67. The van der Waals surface area contributed by atoms with E-state index in [4.69, 9.17) is 0 Å². The van der Waals surface area contributed by atoms with Crippen molar-refractivity contribution in [1.29, 1.82) is 0 Å². The molecule has 0 aliphatic carbocycles. The van der Waals surface area contributed by atoms with Crippen LogP contribution in [0.25, 0.3) is 0 Å². The molecular formula is C16H23NO2. The molecule has 0 bridgehead atoms. The van der Waals surface area contributed by atoms with Crippen LogP contribution in [0.2, 0.25) is 0 Å². The van der Waals surface area contributed by atoms with Crippen LogP contribution in [0.3, 0.4) is 0 Å². The quantitative estimate of drug-likeness (QED) is 0.908. The van der Waals surface area contributed by atoms with E-state index in [1.54, 1.807) is 0 Å². The zero-order valence-corrected chi connectivity index (χ0v) is 11.8. The molecule has 1 heterocycles. The van der Waals surface area contributed by atoms with E-state index < -0.39 is 5.60 Å². The summed E-state index contributed by atoms with van der Waals surface area (Å²) < 4.78 is 0. The molecule has 3 heteroatoms. The van der Waals surface area contributed by atoms with Gasteiger partial charge in [-0.05, 0) is 31.7 Å². The molecule has 1 atom stereocenters. The van der Waals surface area contributed by atoms with Crippen molar-refractivity contribution in [3.63, 3.8) is 0 Å². The molecule has 1 saturated heterocycles. The van der Waals surface area contributed by atoms with E-state index in [-0.39, 0.29) is 11.8 Å². The highest BCUT2D eigenvalue weighted by Crippen LogP contribution is 2.26. The van der Waals surface area contributed by atoms with Crippen molar-refractivity contribution in [1.82, 2.24) is 4.90 Å². The Morgan fingerprint density at radius 3 is 2.42 bits per heavy atom. The van der Waals surface area contributed by atoms with Gasteiger partial charge in [0.05, 0.1) is 11.5 Å². The van der Waals surface area contributed by atoms with Crippen LogP contribution >= 0.6 is 0 Å². The summed E-state index contributed by atoms with van der Waals surface area (Å²) in [6.45, 7) is 5.23. The van der Waals surface area contributed by atoms with Crippen LogP contribution in [0.15, 0.2) is 30.3 Å². The topological polar surface area (TPSA) is 40.5 Å². The fraction of sp³-hybridized carbons (Fsp3) is 0.562. The summed E-state index contributed by atoms with van der Waals surface area (Å²) >= 11 is 0. The first-order valence-corrected chi connectivity index (χ1v) is 7.09. The normalized spacial score (nSPS) is 20.1. The van der Waals surface area contributed by atoms with Gasteiger partial charge in [-0.2, -0.15) is 0 Å². The van der Waals surface area contributed by atoms with Crippen LogP contribution in [-0.4, -0.2) is 34.6 Å². The van der Waals surface area contributed by atoms with Gasteiger partial charge in [-0.25, -0.2) is 0 Å². The Bertz CT molecular complexity index is 418. The Hall–Kier alpha value is -1.35. The zero-order valence-electron chi connectivity index (χ0n) is 11.8. The molecule has 1 fully saturated rings. The highest BCUT2D eigenvalue weighted by Gasteiger charge is 2.32. The lowest BCUT2D eigenvalue weighted by atomic mass is 9.90. The fourth-order valence-electron chi connectivity index (χ4n) is 2.67. The van der Waals surface area contributed by atoms with Gasteiger partial charge in [0, 0.05) is 13.1 Å². The Balaban J connectivity index is 2.06. The van der Waals surface area contributed by atoms with E-state index in [0.717, 1.165) is 12.0 Å². The predicted octanol–water partition coefficient (Wildman–Crippen LogP) is 2.55. The van der Waals surface area contributed by atoms with Gasteiger partial charge in [0.25, 0.3) is 0 Å². The Morgan fingerprint density at radius 2 is 1.89 bits per heavy atom. The van der Waals surface area contributed by atoms with Gasteiger partial charge in [-0.1, -0.05) is 37.3 Å². The van der Waals surface area contributed by atoms with E-state index in [1.807, 2.05) is 42.2 Å². The number of benzene rings is 1. The number of hydrogen-bond donors (Lipinski definition) is 1. The average molecular weight is 261 g/mol. The molecular weight excluding hydrogens is 238 g/mol. The molecule has 0 radical (unpaired) electrons. The monoisotopic (exact) mass is 261 g/mol. The van der Waals surface area contributed by atoms with Gasteiger partial charge < -0.3 is 10.0 Å². The first kappa shape index (κ1) is 14.1.